The summed E-state index contributed by atoms with van der Waals surface area (Å²) in [6.45, 7) is 1.18. The van der Waals surface area contributed by atoms with Crippen LogP contribution in [0.5, 0.6) is 5.88 Å². The van der Waals surface area contributed by atoms with Crippen LogP contribution in [-0.2, 0) is 4.74 Å². The van der Waals surface area contributed by atoms with E-state index in [1.165, 1.54) is 12.3 Å². The van der Waals surface area contributed by atoms with Gasteiger partial charge >= 0.3 is 0 Å². The predicted molar refractivity (Wildman–Crippen MR) is 78.4 cm³/mol. The average Bonchev–Trinajstić information content (AvgIpc) is 3.00. The van der Waals surface area contributed by atoms with Crippen molar-refractivity contribution in [2.75, 3.05) is 18.5 Å². The molecule has 1 fully saturated rings. The fourth-order valence-corrected chi connectivity index (χ4v) is 2.19. The first-order valence-corrected chi connectivity index (χ1v) is 7.08. The van der Waals surface area contributed by atoms with Crippen LogP contribution >= 0.6 is 0 Å². The maximum Gasteiger partial charge on any atom is 0.257 e. The van der Waals surface area contributed by atoms with Gasteiger partial charge in [0, 0.05) is 30.4 Å². The SMILES string of the molecule is O=C(Nc1cc(F)cc(F)c1)c1ccc(OC2CCOC2)nc1. The van der Waals surface area contributed by atoms with Crippen molar-refractivity contribution in [3.05, 3.63) is 53.7 Å². The van der Waals surface area contributed by atoms with Gasteiger partial charge in [-0.2, -0.15) is 0 Å². The minimum atomic E-state index is -0.763. The third kappa shape index (κ3) is 4.01. The van der Waals surface area contributed by atoms with Gasteiger partial charge in [0.25, 0.3) is 5.91 Å². The molecule has 1 amide bonds. The lowest BCUT2D eigenvalue weighted by molar-refractivity contribution is 0.102. The molecule has 7 heteroatoms. The Morgan fingerprint density at radius 3 is 2.65 bits per heavy atom. The topological polar surface area (TPSA) is 60.5 Å². The zero-order valence-corrected chi connectivity index (χ0v) is 12.1. The first kappa shape index (κ1) is 15.4. The Balaban J connectivity index is 1.65. The molecule has 1 aliphatic heterocycles. The fraction of sp³-hybridized carbons (Fsp3) is 0.250. The summed E-state index contributed by atoms with van der Waals surface area (Å²) in [7, 11) is 0. The molecule has 0 bridgehead atoms. The molecule has 120 valence electrons. The highest BCUT2D eigenvalue weighted by molar-refractivity contribution is 6.04. The monoisotopic (exact) mass is 320 g/mol. The molecule has 1 atom stereocenters. The molecule has 1 aliphatic rings. The van der Waals surface area contributed by atoms with Crippen molar-refractivity contribution in [1.29, 1.82) is 0 Å². The largest absolute Gasteiger partial charge is 0.472 e. The van der Waals surface area contributed by atoms with Crippen LogP contribution in [0.15, 0.2) is 36.5 Å². The zero-order valence-electron chi connectivity index (χ0n) is 12.1. The Morgan fingerprint density at radius 1 is 1.26 bits per heavy atom. The van der Waals surface area contributed by atoms with Crippen molar-refractivity contribution in [2.24, 2.45) is 0 Å². The van der Waals surface area contributed by atoms with E-state index in [0.29, 0.717) is 19.1 Å². The lowest BCUT2D eigenvalue weighted by Crippen LogP contribution is -2.17. The summed E-state index contributed by atoms with van der Waals surface area (Å²) < 4.78 is 37.0. The summed E-state index contributed by atoms with van der Waals surface area (Å²) in [6.07, 6.45) is 2.11. The minimum Gasteiger partial charge on any atom is -0.472 e. The number of rotatable bonds is 4. The van der Waals surface area contributed by atoms with Gasteiger partial charge in [-0.3, -0.25) is 4.79 Å². The van der Waals surface area contributed by atoms with E-state index in [-0.39, 0.29) is 17.4 Å². The van der Waals surface area contributed by atoms with Crippen LogP contribution in [-0.4, -0.2) is 30.2 Å². The maximum atomic E-state index is 13.1. The van der Waals surface area contributed by atoms with E-state index in [9.17, 15) is 13.6 Å². The molecule has 23 heavy (non-hydrogen) atoms. The number of carbonyl (C=O) groups excluding carboxylic acids is 1. The molecule has 0 radical (unpaired) electrons. The Kier molecular flexibility index (Phi) is 4.47. The number of amides is 1. The number of nitrogens with one attached hydrogen (secondary N) is 1. The van der Waals surface area contributed by atoms with Gasteiger partial charge in [0.2, 0.25) is 5.88 Å². The van der Waals surface area contributed by atoms with Crippen LogP contribution in [0.3, 0.4) is 0 Å². The summed E-state index contributed by atoms with van der Waals surface area (Å²) in [5.41, 5.74) is 0.292. The number of anilines is 1. The molecular formula is C16H14F2N2O3. The van der Waals surface area contributed by atoms with Crippen LogP contribution in [0, 0.1) is 11.6 Å². The molecule has 0 spiro atoms. The van der Waals surface area contributed by atoms with Crippen molar-refractivity contribution < 1.29 is 23.0 Å². The molecule has 1 saturated heterocycles. The summed E-state index contributed by atoms with van der Waals surface area (Å²) in [5.74, 6) is -1.64. The summed E-state index contributed by atoms with van der Waals surface area (Å²) in [5, 5.41) is 2.41. The van der Waals surface area contributed by atoms with Gasteiger partial charge in [-0.1, -0.05) is 0 Å². The molecule has 0 saturated carbocycles. The number of benzene rings is 1. The van der Waals surface area contributed by atoms with E-state index in [1.807, 2.05) is 0 Å². The molecule has 0 aliphatic carbocycles. The Labute approximate surface area is 131 Å². The smallest absolute Gasteiger partial charge is 0.257 e. The summed E-state index contributed by atoms with van der Waals surface area (Å²) in [6, 6.07) is 5.90. The third-order valence-electron chi connectivity index (χ3n) is 3.29. The van der Waals surface area contributed by atoms with Gasteiger partial charge < -0.3 is 14.8 Å². The van der Waals surface area contributed by atoms with E-state index >= 15 is 0 Å². The highest BCUT2D eigenvalue weighted by Gasteiger charge is 2.18. The number of hydrogen-bond acceptors (Lipinski definition) is 4. The van der Waals surface area contributed by atoms with E-state index in [0.717, 1.165) is 24.6 Å². The van der Waals surface area contributed by atoms with Gasteiger partial charge in [0.05, 0.1) is 18.8 Å². The zero-order chi connectivity index (χ0) is 16.2. The van der Waals surface area contributed by atoms with Crippen molar-refractivity contribution in [3.63, 3.8) is 0 Å². The maximum absolute atomic E-state index is 13.1. The van der Waals surface area contributed by atoms with Gasteiger partial charge in [-0.05, 0) is 18.2 Å². The second-order valence-electron chi connectivity index (χ2n) is 5.10. The number of ether oxygens (including phenoxy) is 2. The van der Waals surface area contributed by atoms with Crippen LogP contribution in [0.1, 0.15) is 16.8 Å². The standard InChI is InChI=1S/C16H14F2N2O3/c17-11-5-12(18)7-13(6-11)20-16(21)10-1-2-15(19-8-10)23-14-3-4-22-9-14/h1-2,5-8,14H,3-4,9H2,(H,20,21). The number of halogens is 2. The second kappa shape index (κ2) is 6.70. The van der Waals surface area contributed by atoms with Crippen molar-refractivity contribution in [1.82, 2.24) is 4.98 Å². The van der Waals surface area contributed by atoms with Crippen LogP contribution in [0.4, 0.5) is 14.5 Å². The second-order valence-corrected chi connectivity index (χ2v) is 5.10. The van der Waals surface area contributed by atoms with Crippen molar-refractivity contribution >= 4 is 11.6 Å². The van der Waals surface area contributed by atoms with Gasteiger partial charge in [-0.15, -0.1) is 0 Å². The molecule has 2 aromatic rings. The first-order chi connectivity index (χ1) is 11.1. The van der Waals surface area contributed by atoms with E-state index in [2.05, 4.69) is 10.3 Å². The number of aromatic nitrogens is 1. The predicted octanol–water partition coefficient (Wildman–Crippen LogP) is 2.78. The van der Waals surface area contributed by atoms with Gasteiger partial charge in [0.15, 0.2) is 0 Å². The highest BCUT2D eigenvalue weighted by atomic mass is 19.1. The van der Waals surface area contributed by atoms with Crippen molar-refractivity contribution in [2.45, 2.75) is 12.5 Å². The highest BCUT2D eigenvalue weighted by Crippen LogP contribution is 2.17. The molecule has 2 heterocycles. The Hall–Kier alpha value is -2.54. The van der Waals surface area contributed by atoms with Crippen molar-refractivity contribution in [3.8, 4) is 5.88 Å². The van der Waals surface area contributed by atoms with E-state index in [4.69, 9.17) is 9.47 Å². The molecule has 1 N–H and O–H groups in total. The summed E-state index contributed by atoms with van der Waals surface area (Å²) >= 11 is 0. The molecule has 5 nitrogen and oxygen atoms in total. The normalized spacial score (nSPS) is 17.0. The lowest BCUT2D eigenvalue weighted by Gasteiger charge is -2.11. The quantitative estimate of drug-likeness (QED) is 0.941. The number of carbonyl (C=O) groups is 1. The van der Waals surface area contributed by atoms with E-state index < -0.39 is 17.5 Å². The molecular weight excluding hydrogens is 306 g/mol. The number of nitrogens with zero attached hydrogens (tertiary/aromatic N) is 1. The Bertz CT molecular complexity index is 681. The summed E-state index contributed by atoms with van der Waals surface area (Å²) in [4.78, 5) is 16.1. The van der Waals surface area contributed by atoms with E-state index in [1.54, 1.807) is 6.07 Å². The third-order valence-corrected chi connectivity index (χ3v) is 3.29. The molecule has 1 aromatic heterocycles. The molecule has 3 rings (SSSR count). The number of pyridine rings is 1. The lowest BCUT2D eigenvalue weighted by atomic mass is 10.2. The Morgan fingerprint density at radius 2 is 2.04 bits per heavy atom. The molecule has 1 aromatic carbocycles. The first-order valence-electron chi connectivity index (χ1n) is 7.08. The van der Waals surface area contributed by atoms with Gasteiger partial charge in [0.1, 0.15) is 17.7 Å². The number of hydrogen-bond donors (Lipinski definition) is 1. The fourth-order valence-electron chi connectivity index (χ4n) is 2.19. The van der Waals surface area contributed by atoms with Crippen LogP contribution in [0.2, 0.25) is 0 Å². The minimum absolute atomic E-state index is 0.0301. The molecule has 1 unspecified atom stereocenters. The van der Waals surface area contributed by atoms with Crippen LogP contribution < -0.4 is 10.1 Å². The van der Waals surface area contributed by atoms with Gasteiger partial charge in [-0.25, -0.2) is 13.8 Å². The van der Waals surface area contributed by atoms with Crippen LogP contribution in [0.25, 0.3) is 0 Å². The average molecular weight is 320 g/mol.